The average Bonchev–Trinajstić information content (AvgIpc) is 3.01. The second-order valence-corrected chi connectivity index (χ2v) is 7.07. The van der Waals surface area contributed by atoms with E-state index in [9.17, 15) is 19.2 Å². The Labute approximate surface area is 169 Å². The minimum Gasteiger partial charge on any atom is -0.465 e. The van der Waals surface area contributed by atoms with Gasteiger partial charge in [0.2, 0.25) is 11.8 Å². The van der Waals surface area contributed by atoms with Gasteiger partial charge in [-0.05, 0) is 38.0 Å². The normalized spacial score (nSPS) is 18.4. The summed E-state index contributed by atoms with van der Waals surface area (Å²) in [6.07, 6.45) is -0.229. The maximum Gasteiger partial charge on any atom is 0.320 e. The Hall–Kier alpha value is -3.28. The number of benzene rings is 2. The van der Waals surface area contributed by atoms with E-state index in [-0.39, 0.29) is 19.4 Å². The van der Waals surface area contributed by atoms with E-state index in [1.165, 1.54) is 6.92 Å². The summed E-state index contributed by atoms with van der Waals surface area (Å²) in [4.78, 5) is 53.1. The first kappa shape index (κ1) is 20.5. The standard InChI is InChI=1S/C23H23NO5/c1-3-29-22(28)23(16(2)25,15-17-10-6-4-7-11-17)19-14-20(26)24(21(19)27)18-12-8-5-9-13-18/h4-13,19H,3,14-15H2,1-2H3. The second-order valence-electron chi connectivity index (χ2n) is 7.07. The lowest BCUT2D eigenvalue weighted by Gasteiger charge is -2.33. The van der Waals surface area contributed by atoms with Crippen LogP contribution in [-0.2, 0) is 30.3 Å². The Morgan fingerprint density at radius 1 is 1.03 bits per heavy atom. The minimum atomic E-state index is -1.76. The molecule has 0 aromatic heterocycles. The van der Waals surface area contributed by atoms with Gasteiger partial charge in [-0.25, -0.2) is 0 Å². The van der Waals surface area contributed by atoms with E-state index < -0.39 is 34.9 Å². The lowest BCUT2D eigenvalue weighted by atomic mass is 9.67. The molecule has 29 heavy (non-hydrogen) atoms. The highest BCUT2D eigenvalue weighted by Crippen LogP contribution is 2.42. The van der Waals surface area contributed by atoms with Gasteiger partial charge in [0.1, 0.15) is 11.2 Å². The molecule has 2 aromatic rings. The highest BCUT2D eigenvalue weighted by Gasteiger charge is 2.59. The van der Waals surface area contributed by atoms with E-state index in [0.29, 0.717) is 11.3 Å². The third-order valence-electron chi connectivity index (χ3n) is 5.35. The molecule has 0 spiro atoms. The molecule has 1 aliphatic heterocycles. The van der Waals surface area contributed by atoms with Crippen LogP contribution in [-0.4, -0.2) is 30.2 Å². The Morgan fingerprint density at radius 3 is 2.17 bits per heavy atom. The number of esters is 1. The van der Waals surface area contributed by atoms with Crippen LogP contribution in [0, 0.1) is 11.3 Å². The van der Waals surface area contributed by atoms with Crippen molar-refractivity contribution in [1.29, 1.82) is 0 Å². The molecule has 0 radical (unpaired) electrons. The summed E-state index contributed by atoms with van der Waals surface area (Å²) in [6.45, 7) is 2.99. The van der Waals surface area contributed by atoms with Crippen LogP contribution in [0.4, 0.5) is 5.69 Å². The molecule has 1 heterocycles. The van der Waals surface area contributed by atoms with Crippen molar-refractivity contribution in [2.24, 2.45) is 11.3 Å². The fourth-order valence-corrected chi connectivity index (χ4v) is 3.89. The van der Waals surface area contributed by atoms with Crippen LogP contribution >= 0.6 is 0 Å². The van der Waals surface area contributed by atoms with E-state index in [1.807, 2.05) is 6.07 Å². The van der Waals surface area contributed by atoms with Crippen molar-refractivity contribution in [2.75, 3.05) is 11.5 Å². The number of amides is 2. The predicted molar refractivity (Wildman–Crippen MR) is 107 cm³/mol. The van der Waals surface area contributed by atoms with Crippen LogP contribution in [0.25, 0.3) is 0 Å². The van der Waals surface area contributed by atoms with Crippen LogP contribution in [0.1, 0.15) is 25.8 Å². The number of rotatable bonds is 7. The SMILES string of the molecule is CCOC(=O)C(Cc1ccccc1)(C(C)=O)C1CC(=O)N(c2ccccc2)C1=O. The van der Waals surface area contributed by atoms with Gasteiger partial charge in [0, 0.05) is 6.42 Å². The van der Waals surface area contributed by atoms with Gasteiger partial charge in [-0.3, -0.25) is 24.1 Å². The Kier molecular flexibility index (Phi) is 5.92. The number of carbonyl (C=O) groups is 4. The fraction of sp³-hybridized carbons (Fsp3) is 0.304. The first-order valence-corrected chi connectivity index (χ1v) is 9.55. The third-order valence-corrected chi connectivity index (χ3v) is 5.35. The topological polar surface area (TPSA) is 80.8 Å². The van der Waals surface area contributed by atoms with Gasteiger partial charge >= 0.3 is 5.97 Å². The van der Waals surface area contributed by atoms with Crippen LogP contribution in [0.3, 0.4) is 0 Å². The number of imide groups is 1. The van der Waals surface area contributed by atoms with Gasteiger partial charge in [-0.2, -0.15) is 0 Å². The lowest BCUT2D eigenvalue weighted by Crippen LogP contribution is -2.50. The highest BCUT2D eigenvalue weighted by molar-refractivity contribution is 6.24. The fourth-order valence-electron chi connectivity index (χ4n) is 3.89. The number of ether oxygens (including phenoxy) is 1. The summed E-state index contributed by atoms with van der Waals surface area (Å²) in [5.41, 5.74) is -0.617. The molecule has 2 unspecified atom stereocenters. The largest absolute Gasteiger partial charge is 0.465 e. The molecule has 2 amide bonds. The molecule has 2 atom stereocenters. The van der Waals surface area contributed by atoms with Gasteiger partial charge in [-0.1, -0.05) is 48.5 Å². The zero-order valence-corrected chi connectivity index (χ0v) is 16.5. The van der Waals surface area contributed by atoms with Crippen molar-refractivity contribution in [2.45, 2.75) is 26.7 Å². The number of para-hydroxylation sites is 1. The van der Waals surface area contributed by atoms with Crippen molar-refractivity contribution >= 4 is 29.3 Å². The summed E-state index contributed by atoms with van der Waals surface area (Å²) >= 11 is 0. The molecule has 2 aromatic carbocycles. The highest BCUT2D eigenvalue weighted by atomic mass is 16.5. The maximum absolute atomic E-state index is 13.3. The average molecular weight is 393 g/mol. The van der Waals surface area contributed by atoms with Crippen molar-refractivity contribution in [3.8, 4) is 0 Å². The molecule has 1 saturated heterocycles. The van der Waals surface area contributed by atoms with Crippen LogP contribution < -0.4 is 4.90 Å². The molecule has 0 bridgehead atoms. The summed E-state index contributed by atoms with van der Waals surface area (Å²) in [7, 11) is 0. The number of hydrogen-bond acceptors (Lipinski definition) is 5. The van der Waals surface area contributed by atoms with E-state index in [0.717, 1.165) is 4.90 Å². The maximum atomic E-state index is 13.3. The number of ketones is 1. The number of Topliss-reactive ketones (excluding diaryl/α,β-unsaturated/α-hetero) is 1. The third kappa shape index (κ3) is 3.70. The van der Waals surface area contributed by atoms with Gasteiger partial charge in [-0.15, -0.1) is 0 Å². The Balaban J connectivity index is 2.08. The molecule has 0 aliphatic carbocycles. The van der Waals surface area contributed by atoms with Crippen LogP contribution in [0.15, 0.2) is 60.7 Å². The first-order chi connectivity index (χ1) is 13.9. The number of anilines is 1. The van der Waals surface area contributed by atoms with Crippen molar-refractivity contribution in [1.82, 2.24) is 0 Å². The van der Waals surface area contributed by atoms with Crippen molar-refractivity contribution in [3.05, 3.63) is 66.2 Å². The second kappa shape index (κ2) is 8.39. The molecular weight excluding hydrogens is 370 g/mol. The smallest absolute Gasteiger partial charge is 0.320 e. The molecule has 1 fully saturated rings. The number of nitrogens with zero attached hydrogens (tertiary/aromatic N) is 1. The molecule has 1 aliphatic rings. The van der Waals surface area contributed by atoms with Crippen molar-refractivity contribution in [3.63, 3.8) is 0 Å². The summed E-state index contributed by atoms with van der Waals surface area (Å²) in [5.74, 6) is -3.36. The number of hydrogen-bond donors (Lipinski definition) is 0. The molecule has 3 rings (SSSR count). The Morgan fingerprint density at radius 2 is 1.62 bits per heavy atom. The van der Waals surface area contributed by atoms with Gasteiger partial charge < -0.3 is 4.74 Å². The molecule has 0 saturated carbocycles. The summed E-state index contributed by atoms with van der Waals surface area (Å²) in [5, 5.41) is 0. The zero-order valence-electron chi connectivity index (χ0n) is 16.5. The lowest BCUT2D eigenvalue weighted by molar-refractivity contribution is -0.165. The molecule has 0 N–H and O–H groups in total. The van der Waals surface area contributed by atoms with E-state index in [2.05, 4.69) is 0 Å². The molecule has 150 valence electrons. The first-order valence-electron chi connectivity index (χ1n) is 9.55. The van der Waals surface area contributed by atoms with Crippen LogP contribution in [0.2, 0.25) is 0 Å². The monoisotopic (exact) mass is 393 g/mol. The van der Waals surface area contributed by atoms with E-state index >= 15 is 0 Å². The minimum absolute atomic E-state index is 0.00563. The molecular formula is C23H23NO5. The van der Waals surface area contributed by atoms with Crippen LogP contribution in [0.5, 0.6) is 0 Å². The summed E-state index contributed by atoms with van der Waals surface area (Å²) in [6, 6.07) is 17.5. The molecule has 6 heteroatoms. The zero-order chi connectivity index (χ0) is 21.0. The number of carbonyl (C=O) groups excluding carboxylic acids is 4. The van der Waals surface area contributed by atoms with Gasteiger partial charge in [0.05, 0.1) is 18.2 Å². The quantitative estimate of drug-likeness (QED) is 0.410. The van der Waals surface area contributed by atoms with Gasteiger partial charge in [0.15, 0.2) is 0 Å². The summed E-state index contributed by atoms with van der Waals surface area (Å²) < 4.78 is 5.24. The van der Waals surface area contributed by atoms with E-state index in [4.69, 9.17) is 4.74 Å². The molecule has 6 nitrogen and oxygen atoms in total. The Bertz CT molecular complexity index is 925. The van der Waals surface area contributed by atoms with Gasteiger partial charge in [0.25, 0.3) is 0 Å². The predicted octanol–water partition coefficient (Wildman–Crippen LogP) is 2.95. The van der Waals surface area contributed by atoms with E-state index in [1.54, 1.807) is 61.5 Å². The van der Waals surface area contributed by atoms with Crippen molar-refractivity contribution < 1.29 is 23.9 Å².